The van der Waals surface area contributed by atoms with Gasteiger partial charge in [0.1, 0.15) is 11.0 Å². The number of rotatable bonds is 6. The first-order valence-electron chi connectivity index (χ1n) is 9.04. The number of aromatic nitrogens is 2. The Balaban J connectivity index is 1.28. The molecule has 25 heavy (non-hydrogen) atoms. The maximum absolute atomic E-state index is 5.85. The van der Waals surface area contributed by atoms with Crippen LogP contribution in [-0.2, 0) is 6.54 Å². The number of anilines is 2. The number of nitrogens with zero attached hydrogens (tertiary/aromatic N) is 4. The van der Waals surface area contributed by atoms with Crippen LogP contribution in [0.3, 0.4) is 0 Å². The second-order valence-corrected chi connectivity index (χ2v) is 7.37. The lowest BCUT2D eigenvalue weighted by atomic mass is 10.1. The van der Waals surface area contributed by atoms with Crippen molar-refractivity contribution in [3.8, 4) is 0 Å². The van der Waals surface area contributed by atoms with Crippen molar-refractivity contribution < 1.29 is 0 Å². The molecule has 1 saturated carbocycles. The predicted molar refractivity (Wildman–Crippen MR) is 102 cm³/mol. The van der Waals surface area contributed by atoms with E-state index < -0.39 is 0 Å². The molecule has 2 aromatic rings. The minimum atomic E-state index is 0.404. The Hall–Kier alpha value is -1.85. The molecule has 1 aliphatic carbocycles. The van der Waals surface area contributed by atoms with Crippen molar-refractivity contribution in [1.82, 2.24) is 14.9 Å². The van der Waals surface area contributed by atoms with E-state index in [1.54, 1.807) is 6.20 Å². The van der Waals surface area contributed by atoms with Gasteiger partial charge in [0.2, 0.25) is 0 Å². The summed E-state index contributed by atoms with van der Waals surface area (Å²) in [5, 5.41) is 3.66. The van der Waals surface area contributed by atoms with Gasteiger partial charge >= 0.3 is 0 Å². The van der Waals surface area contributed by atoms with Crippen LogP contribution in [0.25, 0.3) is 0 Å². The van der Waals surface area contributed by atoms with Gasteiger partial charge in [-0.15, -0.1) is 0 Å². The first kappa shape index (κ1) is 16.6. The molecule has 2 fully saturated rings. The summed E-state index contributed by atoms with van der Waals surface area (Å²) in [6.07, 6.45) is 6.10. The number of hydrogen-bond donors (Lipinski definition) is 1. The Kier molecular flexibility index (Phi) is 5.04. The third-order valence-corrected chi connectivity index (χ3v) is 5.15. The normalized spacial score (nSPS) is 18.4. The van der Waals surface area contributed by atoms with E-state index in [9.17, 15) is 0 Å². The molecule has 0 amide bonds. The SMILES string of the molecule is Clc1cncc(NCc2ccc(N3CCN(CC4CC4)CC3)cc2)n1. The number of nitrogens with one attached hydrogen (secondary N) is 1. The van der Waals surface area contributed by atoms with Gasteiger partial charge in [0.25, 0.3) is 0 Å². The number of piperazine rings is 1. The van der Waals surface area contributed by atoms with Crippen molar-refractivity contribution in [2.45, 2.75) is 19.4 Å². The molecule has 0 bridgehead atoms. The second-order valence-electron chi connectivity index (χ2n) is 6.98. The molecule has 1 aromatic heterocycles. The van der Waals surface area contributed by atoms with E-state index >= 15 is 0 Å². The first-order valence-corrected chi connectivity index (χ1v) is 9.42. The minimum absolute atomic E-state index is 0.404. The molecule has 0 unspecified atom stereocenters. The lowest BCUT2D eigenvalue weighted by molar-refractivity contribution is 0.248. The number of hydrogen-bond acceptors (Lipinski definition) is 5. The van der Waals surface area contributed by atoms with Crippen molar-refractivity contribution in [3.05, 3.63) is 47.4 Å². The fourth-order valence-corrected chi connectivity index (χ4v) is 3.45. The molecule has 4 rings (SSSR count). The maximum atomic E-state index is 5.85. The molecule has 1 saturated heterocycles. The predicted octanol–water partition coefficient (Wildman–Crippen LogP) is 3.27. The van der Waals surface area contributed by atoms with Crippen LogP contribution in [0.4, 0.5) is 11.5 Å². The van der Waals surface area contributed by atoms with E-state index in [1.807, 2.05) is 0 Å². The monoisotopic (exact) mass is 357 g/mol. The molecule has 0 radical (unpaired) electrons. The zero-order chi connectivity index (χ0) is 17.1. The molecule has 1 aromatic carbocycles. The quantitative estimate of drug-likeness (QED) is 0.859. The Morgan fingerprint density at radius 2 is 1.80 bits per heavy atom. The van der Waals surface area contributed by atoms with Crippen molar-refractivity contribution in [1.29, 1.82) is 0 Å². The van der Waals surface area contributed by atoms with Crippen LogP contribution in [-0.4, -0.2) is 47.6 Å². The van der Waals surface area contributed by atoms with E-state index in [0.29, 0.717) is 17.5 Å². The molecule has 2 aliphatic rings. The summed E-state index contributed by atoms with van der Waals surface area (Å²) >= 11 is 5.85. The topological polar surface area (TPSA) is 44.3 Å². The third-order valence-electron chi connectivity index (χ3n) is 4.97. The van der Waals surface area contributed by atoms with Gasteiger partial charge < -0.3 is 10.2 Å². The zero-order valence-corrected chi connectivity index (χ0v) is 15.1. The van der Waals surface area contributed by atoms with Crippen molar-refractivity contribution >= 4 is 23.1 Å². The number of benzene rings is 1. The lowest BCUT2D eigenvalue weighted by Crippen LogP contribution is -2.47. The average molecular weight is 358 g/mol. The summed E-state index contributed by atoms with van der Waals surface area (Å²) in [4.78, 5) is 13.3. The summed E-state index contributed by atoms with van der Waals surface area (Å²) in [6.45, 7) is 6.65. The minimum Gasteiger partial charge on any atom is -0.369 e. The number of halogens is 1. The standard InChI is InChI=1S/C19H24ClN5/c20-18-12-21-13-19(23-18)22-11-15-3-5-17(6-4-15)25-9-7-24(8-10-25)14-16-1-2-16/h3-6,12-13,16H,1-2,7-11,14H2,(H,22,23). The molecule has 0 spiro atoms. The van der Waals surface area contributed by atoms with Crippen LogP contribution in [0.2, 0.25) is 5.15 Å². The first-order chi connectivity index (χ1) is 12.3. The smallest absolute Gasteiger partial charge is 0.149 e. The van der Waals surface area contributed by atoms with Crippen LogP contribution in [0, 0.1) is 5.92 Å². The fraction of sp³-hybridized carbons (Fsp3) is 0.474. The van der Waals surface area contributed by atoms with Crippen molar-refractivity contribution in [2.24, 2.45) is 5.92 Å². The van der Waals surface area contributed by atoms with Crippen LogP contribution < -0.4 is 10.2 Å². The lowest BCUT2D eigenvalue weighted by Gasteiger charge is -2.36. The summed E-state index contributed by atoms with van der Waals surface area (Å²) in [7, 11) is 0. The van der Waals surface area contributed by atoms with E-state index in [0.717, 1.165) is 19.0 Å². The Morgan fingerprint density at radius 1 is 1.04 bits per heavy atom. The van der Waals surface area contributed by atoms with Gasteiger partial charge in [0, 0.05) is 45.0 Å². The van der Waals surface area contributed by atoms with Crippen molar-refractivity contribution in [2.75, 3.05) is 42.9 Å². The van der Waals surface area contributed by atoms with E-state index in [2.05, 4.69) is 49.4 Å². The van der Waals surface area contributed by atoms with Gasteiger partial charge in [-0.2, -0.15) is 0 Å². The van der Waals surface area contributed by atoms with Gasteiger partial charge in [0.05, 0.1) is 12.4 Å². The molecule has 5 nitrogen and oxygen atoms in total. The summed E-state index contributed by atoms with van der Waals surface area (Å²) < 4.78 is 0. The highest BCUT2D eigenvalue weighted by Gasteiger charge is 2.26. The summed E-state index contributed by atoms with van der Waals surface area (Å²) in [5.41, 5.74) is 2.54. The summed E-state index contributed by atoms with van der Waals surface area (Å²) in [6, 6.07) is 8.79. The Bertz CT molecular complexity index is 693. The van der Waals surface area contributed by atoms with Gasteiger partial charge in [-0.1, -0.05) is 23.7 Å². The highest BCUT2D eigenvalue weighted by molar-refractivity contribution is 6.29. The van der Waals surface area contributed by atoms with Gasteiger partial charge in [-0.05, 0) is 36.5 Å². The van der Waals surface area contributed by atoms with Gasteiger partial charge in [0.15, 0.2) is 0 Å². The van der Waals surface area contributed by atoms with Gasteiger partial charge in [-0.3, -0.25) is 9.88 Å². The molecular formula is C19H24ClN5. The van der Waals surface area contributed by atoms with Crippen LogP contribution in [0.15, 0.2) is 36.7 Å². The Labute approximate surface area is 154 Å². The summed E-state index contributed by atoms with van der Waals surface area (Å²) in [5.74, 6) is 1.69. The molecule has 6 heteroatoms. The Morgan fingerprint density at radius 3 is 2.48 bits per heavy atom. The maximum Gasteiger partial charge on any atom is 0.149 e. The highest BCUT2D eigenvalue weighted by Crippen LogP contribution is 2.30. The molecule has 132 valence electrons. The molecule has 0 atom stereocenters. The van der Waals surface area contributed by atoms with Crippen LogP contribution in [0.1, 0.15) is 18.4 Å². The van der Waals surface area contributed by atoms with Crippen LogP contribution >= 0.6 is 11.6 Å². The second kappa shape index (κ2) is 7.58. The molecule has 2 heterocycles. The molecular weight excluding hydrogens is 334 g/mol. The van der Waals surface area contributed by atoms with Crippen LogP contribution in [0.5, 0.6) is 0 Å². The third kappa shape index (κ3) is 4.61. The van der Waals surface area contributed by atoms with Gasteiger partial charge in [-0.25, -0.2) is 4.98 Å². The van der Waals surface area contributed by atoms with E-state index in [4.69, 9.17) is 11.6 Å². The van der Waals surface area contributed by atoms with E-state index in [-0.39, 0.29) is 0 Å². The molecule has 1 aliphatic heterocycles. The molecule has 1 N–H and O–H groups in total. The zero-order valence-electron chi connectivity index (χ0n) is 14.4. The van der Waals surface area contributed by atoms with Crippen molar-refractivity contribution in [3.63, 3.8) is 0 Å². The fourth-order valence-electron chi connectivity index (χ4n) is 3.30. The highest BCUT2D eigenvalue weighted by atomic mass is 35.5. The largest absolute Gasteiger partial charge is 0.369 e. The average Bonchev–Trinajstić information content (AvgIpc) is 3.45. The van der Waals surface area contributed by atoms with E-state index in [1.165, 1.54) is 49.9 Å².